The molecule has 0 aromatic heterocycles. The van der Waals surface area contributed by atoms with Crippen LogP contribution in [0.15, 0.2) is 29.2 Å². The van der Waals surface area contributed by atoms with Gasteiger partial charge in [0.05, 0.1) is 4.90 Å². The van der Waals surface area contributed by atoms with Crippen molar-refractivity contribution in [1.29, 1.82) is 0 Å². The number of hydrogen-bond donors (Lipinski definition) is 2. The molecule has 1 aromatic rings. The van der Waals surface area contributed by atoms with E-state index in [1.54, 1.807) is 12.1 Å². The number of nitrogens with one attached hydrogen (secondary N) is 2. The Morgan fingerprint density at radius 1 is 0.889 bits per heavy atom. The van der Waals surface area contributed by atoms with Crippen LogP contribution in [0.1, 0.15) is 48.9 Å². The van der Waals surface area contributed by atoms with Crippen LogP contribution in [0.4, 0.5) is 0 Å². The van der Waals surface area contributed by atoms with Crippen LogP contribution in [0.3, 0.4) is 0 Å². The zero-order valence-electron chi connectivity index (χ0n) is 15.2. The second-order valence-electron chi connectivity index (χ2n) is 7.77. The normalized spacial score (nSPS) is 21.1. The molecule has 1 aromatic carbocycles. The predicted octanol–water partition coefficient (Wildman–Crippen LogP) is 1.26. The SMILES string of the molecule is O=C(NC1CCN(C(=O)C2CC2)CC1)c1ccc(S(=O)(=O)NC2CC2)cc1. The summed E-state index contributed by atoms with van der Waals surface area (Å²) in [4.78, 5) is 26.6. The molecular weight excluding hydrogens is 366 g/mol. The van der Waals surface area contributed by atoms with Crippen molar-refractivity contribution in [3.63, 3.8) is 0 Å². The average Bonchev–Trinajstić information content (AvgIpc) is 3.56. The molecular formula is C19H25N3O4S. The topological polar surface area (TPSA) is 95.6 Å². The highest BCUT2D eigenvalue weighted by Crippen LogP contribution is 2.32. The lowest BCUT2D eigenvalue weighted by Gasteiger charge is -2.32. The maximum absolute atomic E-state index is 12.4. The largest absolute Gasteiger partial charge is 0.349 e. The summed E-state index contributed by atoms with van der Waals surface area (Å²) in [5.74, 6) is 0.290. The van der Waals surface area contributed by atoms with Gasteiger partial charge in [0.2, 0.25) is 15.9 Å². The molecule has 0 bridgehead atoms. The Morgan fingerprint density at radius 2 is 1.52 bits per heavy atom. The van der Waals surface area contributed by atoms with Crippen molar-refractivity contribution in [3.05, 3.63) is 29.8 Å². The van der Waals surface area contributed by atoms with Crippen molar-refractivity contribution < 1.29 is 18.0 Å². The molecule has 4 rings (SSSR count). The summed E-state index contributed by atoms with van der Waals surface area (Å²) >= 11 is 0. The van der Waals surface area contributed by atoms with Crippen LogP contribution in [0, 0.1) is 5.92 Å². The van der Waals surface area contributed by atoms with Crippen molar-refractivity contribution in [2.45, 2.75) is 55.5 Å². The van der Waals surface area contributed by atoms with Crippen LogP contribution in [-0.2, 0) is 14.8 Å². The molecule has 1 aliphatic heterocycles. The van der Waals surface area contributed by atoms with Crippen molar-refractivity contribution >= 4 is 21.8 Å². The zero-order chi connectivity index (χ0) is 19.0. The number of hydrogen-bond acceptors (Lipinski definition) is 4. The molecule has 0 spiro atoms. The lowest BCUT2D eigenvalue weighted by atomic mass is 10.0. The number of amides is 2. The number of benzene rings is 1. The van der Waals surface area contributed by atoms with Gasteiger partial charge in [-0.2, -0.15) is 0 Å². The minimum Gasteiger partial charge on any atom is -0.349 e. The molecule has 8 heteroatoms. The monoisotopic (exact) mass is 391 g/mol. The zero-order valence-corrected chi connectivity index (χ0v) is 16.0. The summed E-state index contributed by atoms with van der Waals surface area (Å²) in [7, 11) is -3.50. The number of carbonyl (C=O) groups excluding carboxylic acids is 2. The lowest BCUT2D eigenvalue weighted by molar-refractivity contribution is -0.133. The van der Waals surface area contributed by atoms with Crippen LogP contribution < -0.4 is 10.0 Å². The molecule has 2 saturated carbocycles. The van der Waals surface area contributed by atoms with Crippen molar-refractivity contribution in [2.75, 3.05) is 13.1 Å². The van der Waals surface area contributed by atoms with Gasteiger partial charge in [-0.1, -0.05) is 0 Å². The highest BCUT2D eigenvalue weighted by atomic mass is 32.2. The van der Waals surface area contributed by atoms with Crippen molar-refractivity contribution in [2.24, 2.45) is 5.92 Å². The Kier molecular flexibility index (Phi) is 4.94. The first-order chi connectivity index (χ1) is 12.9. The third-order valence-electron chi connectivity index (χ3n) is 5.39. The molecule has 2 N–H and O–H groups in total. The minimum absolute atomic E-state index is 0.0423. The molecule has 3 aliphatic rings. The molecule has 27 heavy (non-hydrogen) atoms. The Bertz CT molecular complexity index is 821. The number of nitrogens with zero attached hydrogens (tertiary/aromatic N) is 1. The van der Waals surface area contributed by atoms with Crippen molar-refractivity contribution in [3.8, 4) is 0 Å². The molecule has 2 amide bonds. The second-order valence-corrected chi connectivity index (χ2v) is 9.48. The Balaban J connectivity index is 1.30. The van der Waals surface area contributed by atoms with Gasteiger partial charge in [-0.15, -0.1) is 0 Å². The van der Waals surface area contributed by atoms with E-state index in [0.717, 1.165) is 38.5 Å². The summed E-state index contributed by atoms with van der Waals surface area (Å²) in [6.07, 6.45) is 5.29. The fraction of sp³-hybridized carbons (Fsp3) is 0.579. The van der Waals surface area contributed by atoms with Gasteiger partial charge >= 0.3 is 0 Å². The van der Waals surface area contributed by atoms with E-state index in [1.165, 1.54) is 12.1 Å². The summed E-state index contributed by atoms with van der Waals surface area (Å²) in [6.45, 7) is 1.37. The van der Waals surface area contributed by atoms with E-state index >= 15 is 0 Å². The number of piperidine rings is 1. The van der Waals surface area contributed by atoms with E-state index in [9.17, 15) is 18.0 Å². The molecule has 0 atom stereocenters. The molecule has 146 valence electrons. The Hall–Kier alpha value is -1.93. The lowest BCUT2D eigenvalue weighted by Crippen LogP contribution is -2.47. The first kappa shape index (κ1) is 18.4. The fourth-order valence-electron chi connectivity index (χ4n) is 3.38. The third kappa shape index (κ3) is 4.50. The van der Waals surface area contributed by atoms with Gasteiger partial charge in [-0.25, -0.2) is 13.1 Å². The van der Waals surface area contributed by atoms with Gasteiger partial charge in [-0.3, -0.25) is 9.59 Å². The highest BCUT2D eigenvalue weighted by Gasteiger charge is 2.35. The van der Waals surface area contributed by atoms with E-state index in [-0.39, 0.29) is 34.7 Å². The number of rotatable bonds is 6. The number of likely N-dealkylation sites (tertiary alicyclic amines) is 1. The van der Waals surface area contributed by atoms with Gasteiger partial charge in [0.15, 0.2) is 0 Å². The molecule has 7 nitrogen and oxygen atoms in total. The van der Waals surface area contributed by atoms with E-state index < -0.39 is 10.0 Å². The summed E-state index contributed by atoms with van der Waals surface area (Å²) in [5, 5.41) is 3.00. The van der Waals surface area contributed by atoms with Crippen molar-refractivity contribution in [1.82, 2.24) is 14.9 Å². The standard InChI is InChI=1S/C19H25N3O4S/c23-18(20-15-9-11-22(12-10-15)19(24)14-1-2-14)13-3-7-17(8-4-13)27(25,26)21-16-5-6-16/h3-4,7-8,14-16,21H,1-2,5-6,9-12H2,(H,20,23). The molecule has 0 radical (unpaired) electrons. The van der Waals surface area contributed by atoms with Gasteiger partial charge in [0.25, 0.3) is 5.91 Å². The molecule has 3 fully saturated rings. The average molecular weight is 391 g/mol. The first-order valence-corrected chi connectivity index (χ1v) is 11.1. The van der Waals surface area contributed by atoms with Crippen LogP contribution in [0.5, 0.6) is 0 Å². The number of sulfonamides is 1. The van der Waals surface area contributed by atoms with Gasteiger partial charge < -0.3 is 10.2 Å². The Morgan fingerprint density at radius 3 is 2.07 bits per heavy atom. The van der Waals surface area contributed by atoms with E-state index in [0.29, 0.717) is 18.7 Å². The Labute approximate surface area is 159 Å². The van der Waals surface area contributed by atoms with E-state index in [2.05, 4.69) is 10.0 Å². The summed E-state index contributed by atoms with van der Waals surface area (Å²) < 4.78 is 27.0. The third-order valence-corrected chi connectivity index (χ3v) is 6.93. The van der Waals surface area contributed by atoms with Gasteiger partial charge in [0, 0.05) is 36.7 Å². The van der Waals surface area contributed by atoms with Crippen LogP contribution >= 0.6 is 0 Å². The molecule has 2 aliphatic carbocycles. The summed E-state index contributed by atoms with van der Waals surface area (Å²) in [5.41, 5.74) is 0.442. The molecule has 1 saturated heterocycles. The minimum atomic E-state index is -3.50. The fourth-order valence-corrected chi connectivity index (χ4v) is 4.68. The van der Waals surface area contributed by atoms with Crippen LogP contribution in [0.25, 0.3) is 0 Å². The first-order valence-electron chi connectivity index (χ1n) is 9.64. The number of carbonyl (C=O) groups is 2. The van der Waals surface area contributed by atoms with Crippen LogP contribution in [-0.4, -0.2) is 50.3 Å². The van der Waals surface area contributed by atoms with Gasteiger partial charge in [-0.05, 0) is 62.8 Å². The predicted molar refractivity (Wildman–Crippen MR) is 99.6 cm³/mol. The smallest absolute Gasteiger partial charge is 0.251 e. The van der Waals surface area contributed by atoms with E-state index in [4.69, 9.17) is 0 Å². The van der Waals surface area contributed by atoms with Crippen LogP contribution in [0.2, 0.25) is 0 Å². The maximum atomic E-state index is 12.4. The maximum Gasteiger partial charge on any atom is 0.251 e. The summed E-state index contributed by atoms with van der Waals surface area (Å²) in [6, 6.07) is 6.12. The molecule has 1 heterocycles. The van der Waals surface area contributed by atoms with E-state index in [1.807, 2.05) is 4.90 Å². The highest BCUT2D eigenvalue weighted by molar-refractivity contribution is 7.89. The second kappa shape index (κ2) is 7.24. The van der Waals surface area contributed by atoms with Gasteiger partial charge in [0.1, 0.15) is 0 Å². The quantitative estimate of drug-likeness (QED) is 0.763. The molecule has 0 unspecified atom stereocenters.